The molecule has 3 rings (SSSR count). The highest BCUT2D eigenvalue weighted by Gasteiger charge is 2.31. The topological polar surface area (TPSA) is 32.3 Å². The molecule has 0 radical (unpaired) electrons. The Hall–Kier alpha value is -1.72. The number of nitrogens with zero attached hydrogens (tertiary/aromatic N) is 1. The monoisotopic (exact) mass is 290 g/mol. The lowest BCUT2D eigenvalue weighted by Gasteiger charge is -2.24. The van der Waals surface area contributed by atoms with Gasteiger partial charge in [0.25, 0.3) is 0 Å². The molecular formula is C15H15FN2OS. The molecule has 3 nitrogen and oxygen atoms in total. The van der Waals surface area contributed by atoms with Gasteiger partial charge in [-0.05, 0) is 46.5 Å². The normalized spacial score (nSPS) is 18.8. The van der Waals surface area contributed by atoms with Crippen molar-refractivity contribution in [2.45, 2.75) is 19.6 Å². The number of thiophene rings is 1. The number of hydrogen-bond donors (Lipinski definition) is 1. The minimum Gasteiger partial charge on any atom is -0.317 e. The Labute approximate surface area is 121 Å². The molecule has 20 heavy (non-hydrogen) atoms. The molecule has 0 spiro atoms. The largest absolute Gasteiger partial charge is 0.317 e. The summed E-state index contributed by atoms with van der Waals surface area (Å²) in [7, 11) is 0. The number of carbonyl (C=O) groups is 1. The molecule has 1 amide bonds. The average Bonchev–Trinajstić information content (AvgIpc) is 2.98. The third-order valence-electron chi connectivity index (χ3n) is 3.55. The van der Waals surface area contributed by atoms with E-state index in [2.05, 4.69) is 16.1 Å². The fraction of sp³-hybridized carbons (Fsp3) is 0.267. The van der Waals surface area contributed by atoms with Crippen LogP contribution >= 0.6 is 11.3 Å². The molecule has 1 fully saturated rings. The van der Waals surface area contributed by atoms with Crippen molar-refractivity contribution in [3.05, 3.63) is 57.5 Å². The number of rotatable bonds is 3. The van der Waals surface area contributed by atoms with Crippen LogP contribution in [0.4, 0.5) is 4.39 Å². The number of carbonyl (C=O) groups excluding carboxylic acids is 1. The highest BCUT2D eigenvalue weighted by molar-refractivity contribution is 7.08. The Kier molecular flexibility index (Phi) is 3.54. The van der Waals surface area contributed by atoms with Crippen molar-refractivity contribution in [2.75, 3.05) is 6.54 Å². The predicted octanol–water partition coefficient (Wildman–Crippen LogP) is 2.83. The molecule has 1 aliphatic heterocycles. The predicted molar refractivity (Wildman–Crippen MR) is 76.7 cm³/mol. The zero-order chi connectivity index (χ0) is 14.1. The van der Waals surface area contributed by atoms with Gasteiger partial charge in [-0.1, -0.05) is 12.1 Å². The smallest absolute Gasteiger partial charge is 0.238 e. The lowest BCUT2D eigenvalue weighted by atomic mass is 10.1. The van der Waals surface area contributed by atoms with Crippen LogP contribution in [-0.2, 0) is 11.3 Å². The van der Waals surface area contributed by atoms with E-state index in [1.165, 1.54) is 17.7 Å². The molecule has 1 aromatic heterocycles. The molecule has 1 aromatic carbocycles. The molecule has 5 heteroatoms. The molecule has 2 heterocycles. The van der Waals surface area contributed by atoms with Gasteiger partial charge >= 0.3 is 0 Å². The second-order valence-electron chi connectivity index (χ2n) is 4.94. The second kappa shape index (κ2) is 5.34. The lowest BCUT2D eigenvalue weighted by molar-refractivity contribution is -0.128. The maximum atomic E-state index is 13.4. The average molecular weight is 290 g/mol. The maximum Gasteiger partial charge on any atom is 0.238 e. The van der Waals surface area contributed by atoms with Crippen molar-refractivity contribution in [2.24, 2.45) is 0 Å². The van der Waals surface area contributed by atoms with Gasteiger partial charge in [0.1, 0.15) is 12.0 Å². The third-order valence-corrected chi connectivity index (χ3v) is 4.46. The zero-order valence-corrected chi connectivity index (χ0v) is 11.9. The van der Waals surface area contributed by atoms with Gasteiger partial charge < -0.3 is 4.90 Å². The summed E-state index contributed by atoms with van der Waals surface area (Å²) in [6.07, 6.45) is -0.252. The molecule has 0 bridgehead atoms. The molecule has 1 N–H and O–H groups in total. The summed E-state index contributed by atoms with van der Waals surface area (Å²) >= 11 is 1.63. The molecule has 1 saturated heterocycles. The van der Waals surface area contributed by atoms with Crippen LogP contribution < -0.4 is 5.32 Å². The number of nitrogens with one attached hydrogen (secondary N) is 1. The van der Waals surface area contributed by atoms with Gasteiger partial charge in [0.2, 0.25) is 5.91 Å². The molecule has 0 aliphatic carbocycles. The number of benzene rings is 1. The lowest BCUT2D eigenvalue weighted by Crippen LogP contribution is -2.29. The van der Waals surface area contributed by atoms with Crippen LogP contribution in [0.15, 0.2) is 35.0 Å². The van der Waals surface area contributed by atoms with Gasteiger partial charge in [-0.15, -0.1) is 0 Å². The summed E-state index contributed by atoms with van der Waals surface area (Å²) in [6.45, 7) is 2.89. The Bertz CT molecular complexity index is 640. The fourth-order valence-corrected chi connectivity index (χ4v) is 3.27. The van der Waals surface area contributed by atoms with Crippen LogP contribution in [0.2, 0.25) is 0 Å². The van der Waals surface area contributed by atoms with Gasteiger partial charge in [0.15, 0.2) is 0 Å². The van der Waals surface area contributed by atoms with E-state index in [1.54, 1.807) is 22.3 Å². The quantitative estimate of drug-likeness (QED) is 0.942. The van der Waals surface area contributed by atoms with E-state index < -0.39 is 0 Å². The van der Waals surface area contributed by atoms with Crippen molar-refractivity contribution in [1.29, 1.82) is 0 Å². The van der Waals surface area contributed by atoms with Crippen molar-refractivity contribution in [3.8, 4) is 0 Å². The number of hydrogen-bond acceptors (Lipinski definition) is 3. The van der Waals surface area contributed by atoms with Crippen LogP contribution in [0.1, 0.15) is 22.9 Å². The first-order chi connectivity index (χ1) is 9.65. The molecule has 0 saturated carbocycles. The first kappa shape index (κ1) is 13.3. The van der Waals surface area contributed by atoms with E-state index in [0.29, 0.717) is 13.1 Å². The second-order valence-corrected chi connectivity index (χ2v) is 5.68. The zero-order valence-electron chi connectivity index (χ0n) is 11.1. The highest BCUT2D eigenvalue weighted by Crippen LogP contribution is 2.26. The molecular weight excluding hydrogens is 275 g/mol. The van der Waals surface area contributed by atoms with E-state index in [-0.39, 0.29) is 17.9 Å². The summed E-state index contributed by atoms with van der Waals surface area (Å²) in [5, 5.41) is 7.27. The Morgan fingerprint density at radius 3 is 3.00 bits per heavy atom. The Morgan fingerprint density at radius 2 is 2.30 bits per heavy atom. The van der Waals surface area contributed by atoms with Crippen molar-refractivity contribution >= 4 is 17.2 Å². The van der Waals surface area contributed by atoms with E-state index >= 15 is 0 Å². The van der Waals surface area contributed by atoms with E-state index in [9.17, 15) is 9.18 Å². The third kappa shape index (κ3) is 2.46. The summed E-state index contributed by atoms with van der Waals surface area (Å²) in [5.41, 5.74) is 3.12. The van der Waals surface area contributed by atoms with Gasteiger partial charge in [0.05, 0.1) is 6.54 Å². The van der Waals surface area contributed by atoms with Gasteiger partial charge in [0, 0.05) is 6.54 Å². The van der Waals surface area contributed by atoms with Crippen LogP contribution in [0.3, 0.4) is 0 Å². The SMILES string of the molecule is Cc1cscc1CN1C(=O)CNC1c1cccc(F)c1. The van der Waals surface area contributed by atoms with Crippen LogP contribution in [0.5, 0.6) is 0 Å². The van der Waals surface area contributed by atoms with Crippen LogP contribution in [0.25, 0.3) is 0 Å². The summed E-state index contributed by atoms with van der Waals surface area (Å²) in [5.74, 6) is -0.236. The van der Waals surface area contributed by atoms with Crippen LogP contribution in [0, 0.1) is 12.7 Å². The van der Waals surface area contributed by atoms with Gasteiger partial charge in [-0.2, -0.15) is 11.3 Å². The van der Waals surface area contributed by atoms with E-state index in [1.807, 2.05) is 13.0 Å². The summed E-state index contributed by atoms with van der Waals surface area (Å²) < 4.78 is 13.4. The van der Waals surface area contributed by atoms with Crippen molar-refractivity contribution in [3.63, 3.8) is 0 Å². The Balaban J connectivity index is 1.87. The minimum absolute atomic E-state index is 0.0462. The molecule has 1 atom stereocenters. The fourth-order valence-electron chi connectivity index (χ4n) is 2.43. The molecule has 2 aromatic rings. The first-order valence-corrected chi connectivity index (χ1v) is 7.39. The Morgan fingerprint density at radius 1 is 1.45 bits per heavy atom. The highest BCUT2D eigenvalue weighted by atomic mass is 32.1. The number of aryl methyl sites for hydroxylation is 1. The first-order valence-electron chi connectivity index (χ1n) is 6.45. The maximum absolute atomic E-state index is 13.4. The molecule has 1 aliphatic rings. The summed E-state index contributed by atoms with van der Waals surface area (Å²) in [4.78, 5) is 13.8. The van der Waals surface area contributed by atoms with Crippen molar-refractivity contribution in [1.82, 2.24) is 10.2 Å². The van der Waals surface area contributed by atoms with Crippen molar-refractivity contribution < 1.29 is 9.18 Å². The van der Waals surface area contributed by atoms with E-state index in [4.69, 9.17) is 0 Å². The van der Waals surface area contributed by atoms with Gasteiger partial charge in [-0.25, -0.2) is 4.39 Å². The number of amides is 1. The van der Waals surface area contributed by atoms with Gasteiger partial charge in [-0.3, -0.25) is 10.1 Å². The standard InChI is InChI=1S/C15H15FN2OS/c1-10-8-20-9-12(10)7-18-14(19)6-17-15(18)11-3-2-4-13(16)5-11/h2-5,8-9,15,17H,6-7H2,1H3. The van der Waals surface area contributed by atoms with E-state index in [0.717, 1.165) is 11.1 Å². The molecule has 1 unspecified atom stereocenters. The van der Waals surface area contributed by atoms with Crippen LogP contribution in [-0.4, -0.2) is 17.4 Å². The number of halogens is 1. The summed E-state index contributed by atoms with van der Waals surface area (Å²) in [6, 6.07) is 6.40. The minimum atomic E-state index is -0.282. The molecule has 104 valence electrons.